The highest BCUT2D eigenvalue weighted by atomic mass is 16.6. The van der Waals surface area contributed by atoms with Crippen LogP contribution in [0.1, 0.15) is 316 Å². The Kier molecular flexibility index (Phi) is 51.2. The van der Waals surface area contributed by atoms with Crippen molar-refractivity contribution in [1.82, 2.24) is 0 Å². The van der Waals surface area contributed by atoms with Crippen LogP contribution in [0.4, 0.5) is 0 Å². The second-order valence-corrected chi connectivity index (χ2v) is 19.2. The van der Waals surface area contributed by atoms with E-state index < -0.39 is 6.10 Å². The molecule has 0 heterocycles. The molecule has 0 radical (unpaired) electrons. The fraction of sp³-hybridized carbons (Fsp3) is 0.912. The summed E-state index contributed by atoms with van der Waals surface area (Å²) in [4.78, 5) is 38.1. The lowest BCUT2D eigenvalue weighted by Gasteiger charge is -2.18. The number of hydrogen-bond acceptors (Lipinski definition) is 6. The van der Waals surface area contributed by atoms with E-state index >= 15 is 0 Å². The molecule has 0 bridgehead atoms. The van der Waals surface area contributed by atoms with Crippen LogP contribution in [0, 0.1) is 0 Å². The molecule has 0 rings (SSSR count). The van der Waals surface area contributed by atoms with Gasteiger partial charge < -0.3 is 14.2 Å². The van der Waals surface area contributed by atoms with Gasteiger partial charge in [0.05, 0.1) is 0 Å². The molecule has 0 aromatic heterocycles. The quantitative estimate of drug-likeness (QED) is 0.0262. The molecule has 0 N–H and O–H groups in total. The maximum atomic E-state index is 12.8. The van der Waals surface area contributed by atoms with Gasteiger partial charge >= 0.3 is 17.9 Å². The molecule has 0 aliphatic carbocycles. The third kappa shape index (κ3) is 51.0. The van der Waals surface area contributed by atoms with E-state index in [2.05, 4.69) is 32.9 Å². The summed E-state index contributed by atoms with van der Waals surface area (Å²) in [5.41, 5.74) is 0. The highest BCUT2D eigenvalue weighted by molar-refractivity contribution is 5.71. The molecule has 63 heavy (non-hydrogen) atoms. The summed E-state index contributed by atoms with van der Waals surface area (Å²) in [7, 11) is 0. The number of unbranched alkanes of at least 4 members (excludes halogenated alkanes) is 39. The summed E-state index contributed by atoms with van der Waals surface area (Å²) in [5, 5.41) is 0. The van der Waals surface area contributed by atoms with Gasteiger partial charge in [-0.05, 0) is 44.9 Å². The molecule has 6 heteroatoms. The van der Waals surface area contributed by atoms with Crippen molar-refractivity contribution in [2.24, 2.45) is 0 Å². The highest BCUT2D eigenvalue weighted by Crippen LogP contribution is 2.17. The lowest BCUT2D eigenvalue weighted by atomic mass is 10.0. The van der Waals surface area contributed by atoms with E-state index in [1.165, 1.54) is 218 Å². The smallest absolute Gasteiger partial charge is 0.306 e. The topological polar surface area (TPSA) is 78.9 Å². The molecular formula is C57H108O6. The number of ether oxygens (including phenoxy) is 3. The van der Waals surface area contributed by atoms with Crippen molar-refractivity contribution < 1.29 is 28.6 Å². The lowest BCUT2D eigenvalue weighted by molar-refractivity contribution is -0.167. The molecule has 0 fully saturated rings. The van der Waals surface area contributed by atoms with Crippen molar-refractivity contribution >= 4 is 17.9 Å². The molecule has 0 saturated heterocycles. The van der Waals surface area contributed by atoms with Gasteiger partial charge in [-0.2, -0.15) is 0 Å². The Bertz CT molecular complexity index is 978. The van der Waals surface area contributed by atoms with E-state index in [0.717, 1.165) is 57.8 Å². The van der Waals surface area contributed by atoms with Crippen LogP contribution in [0.25, 0.3) is 0 Å². The van der Waals surface area contributed by atoms with Crippen LogP contribution in [0.2, 0.25) is 0 Å². The Hall–Kier alpha value is -1.85. The predicted octanol–water partition coefficient (Wildman–Crippen LogP) is 18.5. The standard InChI is InChI=1S/C57H108O6/c1-4-7-10-13-16-19-22-25-27-28-30-33-36-39-42-45-48-51-57(60)63-54(52-61-55(58)49-46-43-40-37-34-31-24-21-18-15-12-9-6-3)53-62-56(59)50-47-44-41-38-35-32-29-26-23-20-17-14-11-8-5-2/h20,23,54H,4-19,21-22,24-53H2,1-3H3/b23-20-/t54-/m0/s1. The predicted molar refractivity (Wildman–Crippen MR) is 270 cm³/mol. The first-order valence-corrected chi connectivity index (χ1v) is 28.2. The largest absolute Gasteiger partial charge is 0.462 e. The van der Waals surface area contributed by atoms with Crippen molar-refractivity contribution in [2.75, 3.05) is 13.2 Å². The van der Waals surface area contributed by atoms with Crippen molar-refractivity contribution in [3.8, 4) is 0 Å². The molecule has 0 saturated carbocycles. The lowest BCUT2D eigenvalue weighted by Crippen LogP contribution is -2.30. The van der Waals surface area contributed by atoms with Crippen LogP contribution in [-0.2, 0) is 28.6 Å². The first-order chi connectivity index (χ1) is 31.0. The summed E-state index contributed by atoms with van der Waals surface area (Å²) in [6, 6.07) is 0. The van der Waals surface area contributed by atoms with Gasteiger partial charge in [0.1, 0.15) is 13.2 Å². The summed E-state index contributed by atoms with van der Waals surface area (Å²) in [5.74, 6) is -0.847. The normalized spacial score (nSPS) is 12.0. The summed E-state index contributed by atoms with van der Waals surface area (Å²) >= 11 is 0. The maximum Gasteiger partial charge on any atom is 0.306 e. The molecule has 1 atom stereocenters. The minimum absolute atomic E-state index is 0.0654. The van der Waals surface area contributed by atoms with Gasteiger partial charge in [-0.1, -0.05) is 264 Å². The molecule has 0 spiro atoms. The van der Waals surface area contributed by atoms with Crippen LogP contribution in [0.3, 0.4) is 0 Å². The van der Waals surface area contributed by atoms with E-state index in [4.69, 9.17) is 14.2 Å². The number of rotatable bonds is 52. The van der Waals surface area contributed by atoms with Crippen molar-refractivity contribution in [2.45, 2.75) is 322 Å². The molecular weight excluding hydrogens is 781 g/mol. The van der Waals surface area contributed by atoms with E-state index in [0.29, 0.717) is 19.3 Å². The third-order valence-corrected chi connectivity index (χ3v) is 12.8. The van der Waals surface area contributed by atoms with E-state index in [9.17, 15) is 14.4 Å². The molecule has 0 aliphatic rings. The number of carbonyl (C=O) groups is 3. The Balaban J connectivity index is 4.31. The van der Waals surface area contributed by atoms with Gasteiger partial charge in [0.15, 0.2) is 6.10 Å². The van der Waals surface area contributed by atoms with Gasteiger partial charge in [0.25, 0.3) is 0 Å². The zero-order chi connectivity index (χ0) is 45.8. The SMILES string of the molecule is CCCCCC/C=C\CCCCCCCCCC(=O)OC[C@H](COC(=O)CCCCCCCCCCCCCCC)OC(=O)CCCCCCCCCCCCCCCCCCC. The highest BCUT2D eigenvalue weighted by Gasteiger charge is 2.19. The summed E-state index contributed by atoms with van der Waals surface area (Å²) in [6.07, 6.45) is 59.1. The zero-order valence-electron chi connectivity index (χ0n) is 42.6. The van der Waals surface area contributed by atoms with Gasteiger partial charge in [-0.15, -0.1) is 0 Å². The minimum Gasteiger partial charge on any atom is -0.462 e. The zero-order valence-corrected chi connectivity index (χ0v) is 42.6. The molecule has 0 aromatic rings. The van der Waals surface area contributed by atoms with E-state index in [1.807, 2.05) is 0 Å². The minimum atomic E-state index is -0.765. The van der Waals surface area contributed by atoms with Crippen molar-refractivity contribution in [1.29, 1.82) is 0 Å². The number of allylic oxidation sites excluding steroid dienone is 2. The van der Waals surface area contributed by atoms with Gasteiger partial charge in [0, 0.05) is 19.3 Å². The Morgan fingerprint density at radius 3 is 0.810 bits per heavy atom. The molecule has 0 amide bonds. The van der Waals surface area contributed by atoms with Crippen molar-refractivity contribution in [3.05, 3.63) is 12.2 Å². The average Bonchev–Trinajstić information content (AvgIpc) is 3.28. The molecule has 0 aliphatic heterocycles. The average molecular weight is 889 g/mol. The number of carbonyl (C=O) groups excluding carboxylic acids is 3. The molecule has 0 aromatic carbocycles. The first-order valence-electron chi connectivity index (χ1n) is 28.2. The monoisotopic (exact) mass is 889 g/mol. The number of hydrogen-bond donors (Lipinski definition) is 0. The van der Waals surface area contributed by atoms with Crippen LogP contribution in [0.15, 0.2) is 12.2 Å². The van der Waals surface area contributed by atoms with Crippen LogP contribution < -0.4 is 0 Å². The molecule has 372 valence electrons. The first kappa shape index (κ1) is 61.1. The Labute approximate surface area is 392 Å². The van der Waals surface area contributed by atoms with Crippen LogP contribution >= 0.6 is 0 Å². The molecule has 0 unspecified atom stereocenters. The summed E-state index contributed by atoms with van der Waals surface area (Å²) in [6.45, 7) is 6.67. The third-order valence-electron chi connectivity index (χ3n) is 12.8. The Morgan fingerprint density at radius 2 is 0.524 bits per heavy atom. The Morgan fingerprint density at radius 1 is 0.302 bits per heavy atom. The maximum absolute atomic E-state index is 12.8. The summed E-state index contributed by atoms with van der Waals surface area (Å²) < 4.78 is 16.9. The number of esters is 3. The van der Waals surface area contributed by atoms with E-state index in [1.54, 1.807) is 0 Å². The van der Waals surface area contributed by atoms with Crippen LogP contribution in [0.5, 0.6) is 0 Å². The van der Waals surface area contributed by atoms with Crippen LogP contribution in [-0.4, -0.2) is 37.2 Å². The molecule has 6 nitrogen and oxygen atoms in total. The van der Waals surface area contributed by atoms with E-state index in [-0.39, 0.29) is 31.1 Å². The van der Waals surface area contributed by atoms with Gasteiger partial charge in [-0.3, -0.25) is 14.4 Å². The second kappa shape index (κ2) is 52.8. The fourth-order valence-corrected chi connectivity index (χ4v) is 8.50. The van der Waals surface area contributed by atoms with Gasteiger partial charge in [0.2, 0.25) is 0 Å². The second-order valence-electron chi connectivity index (χ2n) is 19.2. The van der Waals surface area contributed by atoms with Gasteiger partial charge in [-0.25, -0.2) is 0 Å². The van der Waals surface area contributed by atoms with Crippen molar-refractivity contribution in [3.63, 3.8) is 0 Å². The fourth-order valence-electron chi connectivity index (χ4n) is 8.50.